The van der Waals surface area contributed by atoms with Crippen LogP contribution in [0.3, 0.4) is 0 Å². The van der Waals surface area contributed by atoms with Gasteiger partial charge < -0.3 is 4.74 Å². The summed E-state index contributed by atoms with van der Waals surface area (Å²) < 4.78 is 31.2. The Hall–Kier alpha value is 0.0700. The molecule has 5 heteroatoms. The summed E-state index contributed by atoms with van der Waals surface area (Å²) in [5.74, 6) is 0.393. The topological polar surface area (TPSA) is 12.5 Å². The van der Waals surface area contributed by atoms with Gasteiger partial charge in [-0.25, -0.2) is 8.78 Å². The molecule has 2 aliphatic rings. The molecule has 2 fully saturated rings. The van der Waals surface area contributed by atoms with Gasteiger partial charge in [0.25, 0.3) is 6.43 Å². The van der Waals surface area contributed by atoms with Gasteiger partial charge in [-0.15, -0.1) is 11.6 Å². The smallest absolute Gasteiger partial charge is 0.251 e. The minimum Gasteiger partial charge on any atom is -0.370 e. The van der Waals surface area contributed by atoms with Crippen molar-refractivity contribution in [2.75, 3.05) is 25.5 Å². The number of hydrogen-bond donors (Lipinski definition) is 0. The molecule has 2 nitrogen and oxygen atoms in total. The predicted molar refractivity (Wildman–Crippen MR) is 73.1 cm³/mol. The van der Waals surface area contributed by atoms with Crippen molar-refractivity contribution in [3.63, 3.8) is 0 Å². The van der Waals surface area contributed by atoms with E-state index in [0.29, 0.717) is 19.0 Å². The highest BCUT2D eigenvalue weighted by molar-refractivity contribution is 6.18. The summed E-state index contributed by atoms with van der Waals surface area (Å²) >= 11 is 5.68. The van der Waals surface area contributed by atoms with Crippen molar-refractivity contribution in [2.45, 2.75) is 63.1 Å². The van der Waals surface area contributed by atoms with E-state index in [9.17, 15) is 8.78 Å². The molecule has 1 aliphatic heterocycles. The molecule has 1 heterocycles. The lowest BCUT2D eigenvalue weighted by Crippen LogP contribution is -2.39. The second kappa shape index (κ2) is 7.19. The molecule has 1 aliphatic carbocycles. The molecule has 0 amide bonds. The summed E-state index contributed by atoms with van der Waals surface area (Å²) in [6.07, 6.45) is 6.00. The Balaban J connectivity index is 1.81. The van der Waals surface area contributed by atoms with Gasteiger partial charge >= 0.3 is 0 Å². The van der Waals surface area contributed by atoms with Gasteiger partial charge in [0.15, 0.2) is 0 Å². The lowest BCUT2D eigenvalue weighted by molar-refractivity contribution is -0.0741. The molecule has 1 atom stereocenters. The SMILES string of the molecule is FC(F)CN(CCCl)CC1CCC2(CCCCC2)O1. The summed E-state index contributed by atoms with van der Waals surface area (Å²) in [6.45, 7) is 0.914. The Kier molecular flexibility index (Phi) is 5.85. The van der Waals surface area contributed by atoms with Crippen LogP contribution < -0.4 is 0 Å². The van der Waals surface area contributed by atoms with Crippen molar-refractivity contribution in [3.05, 3.63) is 0 Å². The molecular formula is C14H24ClF2NO. The first-order valence-corrected chi connectivity index (χ1v) is 7.91. The van der Waals surface area contributed by atoms with Crippen molar-refractivity contribution < 1.29 is 13.5 Å². The molecule has 1 unspecified atom stereocenters. The van der Waals surface area contributed by atoms with Crippen LogP contribution in [0.5, 0.6) is 0 Å². The molecule has 19 heavy (non-hydrogen) atoms. The number of alkyl halides is 3. The van der Waals surface area contributed by atoms with E-state index in [1.807, 2.05) is 0 Å². The summed E-state index contributed by atoms with van der Waals surface area (Å²) in [7, 11) is 0. The number of nitrogens with zero attached hydrogens (tertiary/aromatic N) is 1. The van der Waals surface area contributed by atoms with Gasteiger partial charge in [-0.05, 0) is 25.7 Å². The third-order valence-corrected chi connectivity index (χ3v) is 4.53. The van der Waals surface area contributed by atoms with Crippen molar-refractivity contribution in [1.82, 2.24) is 4.90 Å². The van der Waals surface area contributed by atoms with Crippen LogP contribution in [0.2, 0.25) is 0 Å². The first kappa shape index (κ1) is 15.5. The van der Waals surface area contributed by atoms with Crippen LogP contribution in [0.4, 0.5) is 8.78 Å². The molecule has 112 valence electrons. The largest absolute Gasteiger partial charge is 0.370 e. The highest BCUT2D eigenvalue weighted by atomic mass is 35.5. The monoisotopic (exact) mass is 295 g/mol. The van der Waals surface area contributed by atoms with Gasteiger partial charge in [0.2, 0.25) is 0 Å². The first-order chi connectivity index (χ1) is 9.13. The van der Waals surface area contributed by atoms with Crippen molar-refractivity contribution in [2.24, 2.45) is 0 Å². The van der Waals surface area contributed by atoms with Gasteiger partial charge in [0.1, 0.15) is 0 Å². The van der Waals surface area contributed by atoms with Crippen molar-refractivity contribution in [1.29, 1.82) is 0 Å². The van der Waals surface area contributed by atoms with Crippen LogP contribution in [0.1, 0.15) is 44.9 Å². The van der Waals surface area contributed by atoms with E-state index in [2.05, 4.69) is 0 Å². The maximum atomic E-state index is 12.5. The maximum absolute atomic E-state index is 12.5. The molecule has 2 rings (SSSR count). The highest BCUT2D eigenvalue weighted by Gasteiger charge is 2.41. The van der Waals surface area contributed by atoms with Crippen LogP contribution in [0.15, 0.2) is 0 Å². The number of halogens is 3. The van der Waals surface area contributed by atoms with Gasteiger partial charge in [0.05, 0.1) is 18.2 Å². The summed E-state index contributed by atoms with van der Waals surface area (Å²) in [4.78, 5) is 1.74. The summed E-state index contributed by atoms with van der Waals surface area (Å²) in [6, 6.07) is 0. The lowest BCUT2D eigenvalue weighted by Gasteiger charge is -2.34. The van der Waals surface area contributed by atoms with Gasteiger partial charge in [-0.3, -0.25) is 4.90 Å². The van der Waals surface area contributed by atoms with E-state index in [1.165, 1.54) is 19.3 Å². The van der Waals surface area contributed by atoms with E-state index >= 15 is 0 Å². The Morgan fingerprint density at radius 1 is 1.21 bits per heavy atom. The van der Waals surface area contributed by atoms with Gasteiger partial charge in [-0.2, -0.15) is 0 Å². The molecule has 1 spiro atoms. The molecule has 0 aromatic heterocycles. The number of hydrogen-bond acceptors (Lipinski definition) is 2. The molecule has 1 saturated heterocycles. The van der Waals surface area contributed by atoms with Crippen LogP contribution >= 0.6 is 11.6 Å². The Morgan fingerprint density at radius 3 is 2.58 bits per heavy atom. The summed E-state index contributed by atoms with van der Waals surface area (Å²) in [5.41, 5.74) is 0.0698. The van der Waals surface area contributed by atoms with E-state index in [4.69, 9.17) is 16.3 Å². The Bertz CT molecular complexity index is 272. The maximum Gasteiger partial charge on any atom is 0.251 e. The molecule has 0 radical (unpaired) electrons. The van der Waals surface area contributed by atoms with Crippen molar-refractivity contribution >= 4 is 11.6 Å². The van der Waals surface area contributed by atoms with E-state index in [-0.39, 0.29) is 18.2 Å². The van der Waals surface area contributed by atoms with E-state index < -0.39 is 6.43 Å². The Labute approximate surface area is 119 Å². The number of rotatable bonds is 6. The average molecular weight is 296 g/mol. The van der Waals surface area contributed by atoms with Crippen LogP contribution in [-0.2, 0) is 4.74 Å². The molecule has 0 bridgehead atoms. The molecule has 0 aromatic carbocycles. The second-order valence-corrected chi connectivity index (χ2v) is 6.24. The molecular weight excluding hydrogens is 272 g/mol. The van der Waals surface area contributed by atoms with Gasteiger partial charge in [0, 0.05) is 19.0 Å². The third kappa shape index (κ3) is 4.54. The standard InChI is InChI=1S/C14H24ClF2NO/c15-8-9-18(11-13(16)17)10-12-4-7-14(19-12)5-2-1-3-6-14/h12-13H,1-11H2. The first-order valence-electron chi connectivity index (χ1n) is 7.38. The number of ether oxygens (including phenoxy) is 1. The fourth-order valence-electron chi connectivity index (χ4n) is 3.45. The molecule has 1 saturated carbocycles. The van der Waals surface area contributed by atoms with Crippen LogP contribution in [0, 0.1) is 0 Å². The lowest BCUT2D eigenvalue weighted by atomic mass is 9.83. The normalized spacial score (nSPS) is 26.7. The predicted octanol–water partition coefficient (Wildman–Crippen LogP) is 3.67. The minimum absolute atomic E-state index is 0.0698. The zero-order valence-corrected chi connectivity index (χ0v) is 12.2. The Morgan fingerprint density at radius 2 is 1.95 bits per heavy atom. The molecule has 0 N–H and O–H groups in total. The fourth-order valence-corrected chi connectivity index (χ4v) is 3.69. The van der Waals surface area contributed by atoms with Crippen LogP contribution in [-0.4, -0.2) is 48.5 Å². The third-order valence-electron chi connectivity index (χ3n) is 4.36. The van der Waals surface area contributed by atoms with Gasteiger partial charge in [-0.1, -0.05) is 19.3 Å². The second-order valence-electron chi connectivity index (χ2n) is 5.86. The highest BCUT2D eigenvalue weighted by Crippen LogP contribution is 2.42. The minimum atomic E-state index is -2.30. The average Bonchev–Trinajstić information content (AvgIpc) is 2.72. The fraction of sp³-hybridized carbons (Fsp3) is 1.00. The van der Waals surface area contributed by atoms with Crippen molar-refractivity contribution in [3.8, 4) is 0 Å². The summed E-state index contributed by atoms with van der Waals surface area (Å²) in [5, 5.41) is 0. The quantitative estimate of drug-likeness (QED) is 0.693. The van der Waals surface area contributed by atoms with Crippen LogP contribution in [0.25, 0.3) is 0 Å². The zero-order valence-electron chi connectivity index (χ0n) is 11.4. The zero-order chi connectivity index (χ0) is 13.7. The van der Waals surface area contributed by atoms with E-state index in [1.54, 1.807) is 4.90 Å². The molecule has 0 aromatic rings. The van der Waals surface area contributed by atoms with E-state index in [0.717, 1.165) is 25.7 Å².